The summed E-state index contributed by atoms with van der Waals surface area (Å²) < 4.78 is 0.964. The number of aliphatic hydroxyl groups is 1. The van der Waals surface area contributed by atoms with Gasteiger partial charge in [0.1, 0.15) is 0 Å². The van der Waals surface area contributed by atoms with Gasteiger partial charge >= 0.3 is 0 Å². The molecule has 0 aliphatic carbocycles. The Bertz CT molecular complexity index is 756. The van der Waals surface area contributed by atoms with Gasteiger partial charge in [-0.25, -0.2) is 9.98 Å². The highest BCUT2D eigenvalue weighted by atomic mass is 79.9. The number of fused-ring (bicyclic) bond motifs is 1. The van der Waals surface area contributed by atoms with Crippen LogP contribution < -0.4 is 0 Å². The molecule has 0 atom stereocenters. The summed E-state index contributed by atoms with van der Waals surface area (Å²) in [5, 5.41) is 9.03. The van der Waals surface area contributed by atoms with E-state index in [-0.39, 0.29) is 12.4 Å². The highest BCUT2D eigenvalue weighted by molar-refractivity contribution is 9.10. The lowest BCUT2D eigenvalue weighted by atomic mass is 9.97. The lowest BCUT2D eigenvalue weighted by molar-refractivity contribution is 0.0992. The average Bonchev–Trinajstić information content (AvgIpc) is 2.89. The van der Waals surface area contributed by atoms with E-state index in [0.717, 1.165) is 21.3 Å². The maximum atomic E-state index is 12.6. The van der Waals surface area contributed by atoms with Crippen molar-refractivity contribution in [3.63, 3.8) is 0 Å². The predicted molar refractivity (Wildman–Crippen MR) is 88.9 cm³/mol. The Hall–Kier alpha value is -1.85. The number of nitrogens with zero attached hydrogens (tertiary/aromatic N) is 2. The Balaban J connectivity index is 1.83. The SMILES string of the molecule is O=C(Cc1cccc(Br)c1)c1ccnc2c1CC(CCO)=N2. The van der Waals surface area contributed by atoms with Crippen molar-refractivity contribution in [1.82, 2.24) is 4.98 Å². The summed E-state index contributed by atoms with van der Waals surface area (Å²) in [6.45, 7) is 0.0636. The van der Waals surface area contributed by atoms with Gasteiger partial charge in [-0.2, -0.15) is 0 Å². The van der Waals surface area contributed by atoms with Crippen molar-refractivity contribution >= 4 is 33.2 Å². The second-order valence-corrected chi connectivity index (χ2v) is 6.13. The van der Waals surface area contributed by atoms with Gasteiger partial charge in [-0.3, -0.25) is 4.79 Å². The Morgan fingerprint density at radius 1 is 1.32 bits per heavy atom. The molecule has 112 valence electrons. The minimum Gasteiger partial charge on any atom is -0.396 e. The Labute approximate surface area is 137 Å². The molecule has 0 bridgehead atoms. The standard InChI is InChI=1S/C17H15BrN2O2/c18-12-3-1-2-11(8-12)9-16(22)14-4-6-19-17-15(14)10-13(20-17)5-7-21/h1-4,6,8,21H,5,7,9-10H2. The van der Waals surface area contributed by atoms with Gasteiger partial charge in [0.05, 0.1) is 0 Å². The van der Waals surface area contributed by atoms with Crippen molar-refractivity contribution in [3.8, 4) is 0 Å². The van der Waals surface area contributed by atoms with Crippen molar-refractivity contribution < 1.29 is 9.90 Å². The lowest BCUT2D eigenvalue weighted by Gasteiger charge is -2.07. The van der Waals surface area contributed by atoms with Crippen LogP contribution in [0.1, 0.15) is 27.9 Å². The van der Waals surface area contributed by atoms with Gasteiger partial charge in [0, 0.05) is 53.4 Å². The van der Waals surface area contributed by atoms with Crippen LogP contribution in [0, 0.1) is 0 Å². The summed E-state index contributed by atoms with van der Waals surface area (Å²) in [4.78, 5) is 21.2. The van der Waals surface area contributed by atoms with Crippen LogP contribution >= 0.6 is 15.9 Å². The molecule has 1 aliphatic rings. The van der Waals surface area contributed by atoms with Crippen molar-refractivity contribution in [2.45, 2.75) is 19.3 Å². The number of aromatic nitrogens is 1. The lowest BCUT2D eigenvalue weighted by Crippen LogP contribution is -2.09. The molecule has 0 fully saturated rings. The molecule has 4 nitrogen and oxygen atoms in total. The number of Topliss-reactive ketones (excluding diaryl/α,β-unsaturated/α-hetero) is 1. The number of carbonyl (C=O) groups excluding carboxylic acids is 1. The van der Waals surface area contributed by atoms with Crippen LogP contribution in [0.4, 0.5) is 5.82 Å². The molecule has 22 heavy (non-hydrogen) atoms. The number of carbonyl (C=O) groups is 1. The van der Waals surface area contributed by atoms with Gasteiger partial charge in [0.15, 0.2) is 11.6 Å². The summed E-state index contributed by atoms with van der Waals surface area (Å²) >= 11 is 3.42. The van der Waals surface area contributed by atoms with E-state index in [2.05, 4.69) is 25.9 Å². The zero-order chi connectivity index (χ0) is 15.5. The summed E-state index contributed by atoms with van der Waals surface area (Å²) in [6, 6.07) is 9.51. The molecule has 1 N–H and O–H groups in total. The van der Waals surface area contributed by atoms with E-state index >= 15 is 0 Å². The topological polar surface area (TPSA) is 62.5 Å². The van der Waals surface area contributed by atoms with Crippen LogP contribution in [0.15, 0.2) is 46.0 Å². The third-order valence-electron chi connectivity index (χ3n) is 3.63. The van der Waals surface area contributed by atoms with E-state index in [1.807, 2.05) is 24.3 Å². The Morgan fingerprint density at radius 3 is 2.95 bits per heavy atom. The third-order valence-corrected chi connectivity index (χ3v) is 4.13. The Kier molecular flexibility index (Phi) is 4.45. The minimum absolute atomic E-state index is 0.0636. The van der Waals surface area contributed by atoms with Crippen molar-refractivity contribution in [2.24, 2.45) is 4.99 Å². The van der Waals surface area contributed by atoms with Crippen molar-refractivity contribution in [3.05, 3.63) is 57.7 Å². The zero-order valence-electron chi connectivity index (χ0n) is 11.9. The van der Waals surface area contributed by atoms with Gasteiger partial charge in [-0.15, -0.1) is 0 Å². The molecule has 2 aromatic rings. The molecule has 0 saturated carbocycles. The van der Waals surface area contributed by atoms with E-state index in [9.17, 15) is 4.79 Å². The van der Waals surface area contributed by atoms with E-state index in [4.69, 9.17) is 5.11 Å². The second kappa shape index (κ2) is 6.50. The first-order valence-corrected chi connectivity index (χ1v) is 7.89. The fourth-order valence-corrected chi connectivity index (χ4v) is 3.05. The van der Waals surface area contributed by atoms with Crippen LogP contribution in [0.5, 0.6) is 0 Å². The summed E-state index contributed by atoms with van der Waals surface area (Å²) in [6.07, 6.45) is 3.10. The van der Waals surface area contributed by atoms with Crippen LogP contribution in [-0.2, 0) is 12.8 Å². The summed E-state index contributed by atoms with van der Waals surface area (Å²) in [5.41, 5.74) is 3.42. The Morgan fingerprint density at radius 2 is 2.18 bits per heavy atom. The van der Waals surface area contributed by atoms with Crippen LogP contribution in [0.2, 0.25) is 0 Å². The molecule has 1 aliphatic heterocycles. The van der Waals surface area contributed by atoms with Gasteiger partial charge in [0.2, 0.25) is 0 Å². The number of benzene rings is 1. The molecule has 0 saturated heterocycles. The number of halogens is 1. The molecular formula is C17H15BrN2O2. The molecule has 1 aromatic heterocycles. The van der Waals surface area contributed by atoms with E-state index < -0.39 is 0 Å². The molecule has 3 rings (SSSR count). The predicted octanol–water partition coefficient (Wildman–Crippen LogP) is 3.28. The van der Waals surface area contributed by atoms with Crippen LogP contribution in [-0.4, -0.2) is 28.2 Å². The minimum atomic E-state index is 0.0636. The fourth-order valence-electron chi connectivity index (χ4n) is 2.61. The van der Waals surface area contributed by atoms with Crippen molar-refractivity contribution in [1.29, 1.82) is 0 Å². The molecular weight excluding hydrogens is 344 g/mol. The monoisotopic (exact) mass is 358 g/mol. The number of aliphatic hydroxyl groups excluding tert-OH is 1. The largest absolute Gasteiger partial charge is 0.396 e. The van der Waals surface area contributed by atoms with Gasteiger partial charge in [-0.1, -0.05) is 28.1 Å². The molecule has 2 heterocycles. The van der Waals surface area contributed by atoms with Gasteiger partial charge in [-0.05, 0) is 23.8 Å². The number of hydrogen-bond acceptors (Lipinski definition) is 4. The molecule has 1 aromatic carbocycles. The third kappa shape index (κ3) is 3.15. The summed E-state index contributed by atoms with van der Waals surface area (Å²) in [5.74, 6) is 0.681. The number of hydrogen-bond donors (Lipinski definition) is 1. The second-order valence-electron chi connectivity index (χ2n) is 5.22. The highest BCUT2D eigenvalue weighted by Crippen LogP contribution is 2.29. The molecule has 0 spiro atoms. The average molecular weight is 359 g/mol. The van der Waals surface area contributed by atoms with E-state index in [1.165, 1.54) is 0 Å². The molecule has 0 amide bonds. The number of aliphatic imine (C=N–C) groups is 1. The zero-order valence-corrected chi connectivity index (χ0v) is 13.5. The number of rotatable bonds is 5. The van der Waals surface area contributed by atoms with Gasteiger partial charge < -0.3 is 5.11 Å². The first-order chi connectivity index (χ1) is 10.7. The molecule has 0 unspecified atom stereocenters. The maximum absolute atomic E-state index is 12.6. The maximum Gasteiger partial charge on any atom is 0.167 e. The normalized spacial score (nSPS) is 12.9. The molecule has 5 heteroatoms. The summed E-state index contributed by atoms with van der Waals surface area (Å²) in [7, 11) is 0. The van der Waals surface area contributed by atoms with Gasteiger partial charge in [0.25, 0.3) is 0 Å². The van der Waals surface area contributed by atoms with E-state index in [1.54, 1.807) is 12.3 Å². The first-order valence-electron chi connectivity index (χ1n) is 7.10. The highest BCUT2D eigenvalue weighted by Gasteiger charge is 2.22. The number of pyridine rings is 1. The fraction of sp³-hybridized carbons (Fsp3) is 0.235. The van der Waals surface area contributed by atoms with Crippen LogP contribution in [0.25, 0.3) is 0 Å². The first kappa shape index (κ1) is 15.1. The molecule has 0 radical (unpaired) electrons. The smallest absolute Gasteiger partial charge is 0.167 e. The van der Waals surface area contributed by atoms with E-state index in [0.29, 0.717) is 30.6 Å². The quantitative estimate of drug-likeness (QED) is 0.834. The van der Waals surface area contributed by atoms with Crippen molar-refractivity contribution in [2.75, 3.05) is 6.61 Å². The number of ketones is 1. The van der Waals surface area contributed by atoms with Crippen LogP contribution in [0.3, 0.4) is 0 Å².